The van der Waals surface area contributed by atoms with Gasteiger partial charge in [0.05, 0.1) is 54.3 Å². The maximum absolute atomic E-state index is 14.0. The Hall–Kier alpha value is -3.53. The summed E-state index contributed by atoms with van der Waals surface area (Å²) in [6, 6.07) is 6.16. The van der Waals surface area contributed by atoms with Gasteiger partial charge in [-0.1, -0.05) is 33.2 Å². The molecular formula is C29H26Br2N2O7S. The Labute approximate surface area is 257 Å². The van der Waals surface area contributed by atoms with E-state index >= 15 is 0 Å². The number of allylic oxidation sites excluding steroid dienone is 1. The van der Waals surface area contributed by atoms with Gasteiger partial charge in [-0.25, -0.2) is 9.79 Å². The first-order chi connectivity index (χ1) is 19.7. The van der Waals surface area contributed by atoms with Gasteiger partial charge in [0.25, 0.3) is 5.56 Å². The molecule has 0 unspecified atom stereocenters. The van der Waals surface area contributed by atoms with Crippen molar-refractivity contribution in [1.82, 2.24) is 4.57 Å². The van der Waals surface area contributed by atoms with Gasteiger partial charge in [-0.3, -0.25) is 9.36 Å². The molecule has 0 aliphatic carbocycles. The van der Waals surface area contributed by atoms with E-state index in [1.165, 1.54) is 37.2 Å². The minimum Gasteiger partial charge on any atom is -0.493 e. The lowest BCUT2D eigenvalue weighted by molar-refractivity contribution is -0.139. The number of hydrogen-bond acceptors (Lipinski definition) is 9. The molecule has 0 radical (unpaired) electrons. The van der Waals surface area contributed by atoms with E-state index in [1.807, 2.05) is 0 Å². The zero-order chi connectivity index (χ0) is 29.8. The first kappa shape index (κ1) is 30.4. The van der Waals surface area contributed by atoms with E-state index in [1.54, 1.807) is 44.2 Å². The molecule has 214 valence electrons. The third-order valence-corrected chi connectivity index (χ3v) is 8.42. The van der Waals surface area contributed by atoms with Crippen LogP contribution in [0.1, 0.15) is 31.0 Å². The number of ether oxygens (including phenoxy) is 5. The number of nitrogens with zero attached hydrogens (tertiary/aromatic N) is 2. The average Bonchev–Trinajstić information content (AvgIpc) is 3.25. The Morgan fingerprint density at radius 3 is 2.41 bits per heavy atom. The average molecular weight is 706 g/mol. The first-order valence-corrected chi connectivity index (χ1v) is 14.6. The van der Waals surface area contributed by atoms with Crippen molar-refractivity contribution in [2.24, 2.45) is 4.99 Å². The highest BCUT2D eigenvalue weighted by Gasteiger charge is 2.35. The number of aromatic nitrogens is 1. The third kappa shape index (κ3) is 5.93. The Kier molecular flexibility index (Phi) is 9.63. The van der Waals surface area contributed by atoms with Crippen LogP contribution in [0.4, 0.5) is 0 Å². The molecule has 41 heavy (non-hydrogen) atoms. The summed E-state index contributed by atoms with van der Waals surface area (Å²) >= 11 is 8.31. The smallest absolute Gasteiger partial charge is 0.338 e. The van der Waals surface area contributed by atoms with Gasteiger partial charge in [-0.2, -0.15) is 0 Å². The number of carbonyl (C=O) groups is 1. The second-order valence-electron chi connectivity index (χ2n) is 8.56. The predicted octanol–water partition coefficient (Wildman–Crippen LogP) is 4.36. The van der Waals surface area contributed by atoms with Crippen LogP contribution in [0.3, 0.4) is 0 Å². The minimum atomic E-state index is -0.845. The summed E-state index contributed by atoms with van der Waals surface area (Å²) in [4.78, 5) is 32.3. The lowest BCUT2D eigenvalue weighted by atomic mass is 9.95. The molecule has 0 saturated heterocycles. The van der Waals surface area contributed by atoms with Crippen LogP contribution in [0, 0.1) is 12.3 Å². The number of methoxy groups -OCH3 is 3. The maximum atomic E-state index is 14.0. The van der Waals surface area contributed by atoms with Crippen LogP contribution in [0.5, 0.6) is 23.0 Å². The molecule has 2 aromatic carbocycles. The lowest BCUT2D eigenvalue weighted by Crippen LogP contribution is -2.40. The molecule has 3 aromatic rings. The molecule has 0 N–H and O–H groups in total. The van der Waals surface area contributed by atoms with E-state index in [2.05, 4.69) is 42.8 Å². The van der Waals surface area contributed by atoms with E-state index in [9.17, 15) is 9.59 Å². The van der Waals surface area contributed by atoms with Gasteiger partial charge in [0.15, 0.2) is 27.8 Å². The van der Waals surface area contributed by atoms with Gasteiger partial charge in [-0.15, -0.1) is 6.42 Å². The number of halogens is 2. The number of fused-ring (bicyclic) bond motifs is 1. The van der Waals surface area contributed by atoms with Crippen molar-refractivity contribution in [1.29, 1.82) is 0 Å². The summed E-state index contributed by atoms with van der Waals surface area (Å²) in [5.41, 5.74) is 1.64. The Bertz CT molecular complexity index is 1770. The van der Waals surface area contributed by atoms with Crippen molar-refractivity contribution in [3.8, 4) is 35.3 Å². The Morgan fingerprint density at radius 2 is 1.78 bits per heavy atom. The minimum absolute atomic E-state index is 0.0702. The van der Waals surface area contributed by atoms with Gasteiger partial charge in [0.2, 0.25) is 0 Å². The number of carbonyl (C=O) groups excluding carboxylic acids is 1. The molecule has 12 heteroatoms. The fraction of sp³-hybridized carbons (Fsp3) is 0.276. The van der Waals surface area contributed by atoms with E-state index < -0.39 is 12.0 Å². The number of terminal acetylenes is 1. The van der Waals surface area contributed by atoms with Crippen molar-refractivity contribution in [2.75, 3.05) is 34.5 Å². The number of rotatable bonds is 9. The molecule has 1 atom stereocenters. The molecule has 1 aliphatic heterocycles. The van der Waals surface area contributed by atoms with E-state index in [0.717, 1.165) is 0 Å². The Balaban J connectivity index is 1.97. The van der Waals surface area contributed by atoms with Crippen LogP contribution >= 0.6 is 43.2 Å². The molecular weight excluding hydrogens is 680 g/mol. The van der Waals surface area contributed by atoms with Crippen LogP contribution in [0.25, 0.3) is 6.08 Å². The van der Waals surface area contributed by atoms with Gasteiger partial charge >= 0.3 is 5.97 Å². The van der Waals surface area contributed by atoms with E-state index in [-0.39, 0.29) is 24.3 Å². The molecule has 1 aliphatic rings. The molecule has 0 amide bonds. The molecule has 0 spiro atoms. The van der Waals surface area contributed by atoms with Crippen LogP contribution in [0.2, 0.25) is 0 Å². The van der Waals surface area contributed by atoms with E-state index in [4.69, 9.17) is 30.1 Å². The van der Waals surface area contributed by atoms with Crippen LogP contribution in [-0.2, 0) is 9.53 Å². The highest BCUT2D eigenvalue weighted by Crippen LogP contribution is 2.41. The summed E-state index contributed by atoms with van der Waals surface area (Å²) in [6.07, 6.45) is 7.06. The van der Waals surface area contributed by atoms with Crippen molar-refractivity contribution in [3.05, 3.63) is 75.3 Å². The van der Waals surface area contributed by atoms with Crippen LogP contribution in [-0.4, -0.2) is 45.1 Å². The second kappa shape index (κ2) is 13.0. The van der Waals surface area contributed by atoms with Crippen molar-refractivity contribution < 1.29 is 28.5 Å². The topological polar surface area (TPSA) is 97.6 Å². The summed E-state index contributed by atoms with van der Waals surface area (Å²) in [5, 5.41) is 0. The van der Waals surface area contributed by atoms with Gasteiger partial charge in [0, 0.05) is 4.47 Å². The van der Waals surface area contributed by atoms with Crippen molar-refractivity contribution in [3.63, 3.8) is 0 Å². The molecule has 4 rings (SSSR count). The number of benzene rings is 2. The fourth-order valence-electron chi connectivity index (χ4n) is 4.39. The maximum Gasteiger partial charge on any atom is 0.338 e. The number of thiazole rings is 1. The monoisotopic (exact) mass is 704 g/mol. The van der Waals surface area contributed by atoms with Crippen molar-refractivity contribution >= 4 is 55.2 Å². The molecule has 0 fully saturated rings. The van der Waals surface area contributed by atoms with Crippen molar-refractivity contribution in [2.45, 2.75) is 19.9 Å². The van der Waals surface area contributed by atoms with Crippen LogP contribution < -0.4 is 33.8 Å². The zero-order valence-corrected chi connectivity index (χ0v) is 26.9. The molecule has 9 nitrogen and oxygen atoms in total. The lowest BCUT2D eigenvalue weighted by Gasteiger charge is -2.26. The quantitative estimate of drug-likeness (QED) is 0.241. The highest BCUT2D eigenvalue weighted by atomic mass is 79.9. The SMILES string of the molecule is C#CCOc1c(Br)cc(/C=c2\sc3n(c2=O)[C@@H](c2cc(OC)c(OC)cc2Br)C(C(=O)OCC)=C(C)N=3)cc1OC. The van der Waals surface area contributed by atoms with Gasteiger partial charge in [-0.05, 0) is 71.2 Å². The largest absolute Gasteiger partial charge is 0.493 e. The van der Waals surface area contributed by atoms with Gasteiger partial charge in [0.1, 0.15) is 6.61 Å². The molecule has 0 bridgehead atoms. The normalized spacial score (nSPS) is 14.6. The standard InChI is InChI=1S/C29H26Br2N2O7S/c1-7-9-40-26-19(31)10-16(11-22(26)38-6)12-23-27(34)33-25(17-13-20(36-4)21(37-5)14-18(17)30)24(28(35)39-8-2)15(3)32-29(33)41-23/h1,10-14,25H,8-9H2,2-6H3/b23-12-/t25-/m0/s1. The highest BCUT2D eigenvalue weighted by molar-refractivity contribution is 9.10. The van der Waals surface area contributed by atoms with Gasteiger partial charge < -0.3 is 23.7 Å². The summed E-state index contributed by atoms with van der Waals surface area (Å²) < 4.78 is 30.6. The van der Waals surface area contributed by atoms with Crippen LogP contribution in [0.15, 0.2) is 54.3 Å². The summed E-state index contributed by atoms with van der Waals surface area (Å²) in [7, 11) is 4.56. The first-order valence-electron chi connectivity index (χ1n) is 12.2. The predicted molar refractivity (Wildman–Crippen MR) is 163 cm³/mol. The van der Waals surface area contributed by atoms with E-state index in [0.29, 0.717) is 58.1 Å². The third-order valence-electron chi connectivity index (χ3n) is 6.16. The summed E-state index contributed by atoms with van der Waals surface area (Å²) in [5.74, 6) is 3.69. The summed E-state index contributed by atoms with van der Waals surface area (Å²) in [6.45, 7) is 3.68. The second-order valence-corrected chi connectivity index (χ2v) is 11.3. The zero-order valence-electron chi connectivity index (χ0n) is 22.9. The molecule has 2 heterocycles. The number of hydrogen-bond donors (Lipinski definition) is 0. The number of esters is 1. The molecule has 0 saturated carbocycles. The Morgan fingerprint density at radius 1 is 1.10 bits per heavy atom. The fourth-order valence-corrected chi connectivity index (χ4v) is 6.55. The molecule has 1 aromatic heterocycles.